The summed E-state index contributed by atoms with van der Waals surface area (Å²) >= 11 is 6.36. The van der Waals surface area contributed by atoms with Crippen LogP contribution in [0.25, 0.3) is 5.76 Å². The minimum absolute atomic E-state index is 0.0308. The molecule has 0 bridgehead atoms. The van der Waals surface area contributed by atoms with Gasteiger partial charge in [0.15, 0.2) is 0 Å². The minimum atomic E-state index is -0.710. The van der Waals surface area contributed by atoms with Crippen molar-refractivity contribution in [3.05, 3.63) is 69.8 Å². The highest BCUT2D eigenvalue weighted by Gasteiger charge is 2.45. The summed E-state index contributed by atoms with van der Waals surface area (Å²) in [5.41, 5.74) is 2.19. The Morgan fingerprint density at radius 2 is 1.75 bits per heavy atom. The maximum absolute atomic E-state index is 13.1. The predicted molar refractivity (Wildman–Crippen MR) is 127 cm³/mol. The van der Waals surface area contributed by atoms with E-state index in [1.165, 1.54) is 4.90 Å². The maximum Gasteiger partial charge on any atom is 0.295 e. The van der Waals surface area contributed by atoms with Crippen molar-refractivity contribution in [1.82, 2.24) is 4.90 Å². The van der Waals surface area contributed by atoms with Gasteiger partial charge in [-0.25, -0.2) is 0 Å². The Balaban J connectivity index is 2.18. The van der Waals surface area contributed by atoms with E-state index in [1.54, 1.807) is 18.2 Å². The van der Waals surface area contributed by atoms with Crippen LogP contribution in [0.4, 0.5) is 0 Å². The zero-order chi connectivity index (χ0) is 23.6. The smallest absolute Gasteiger partial charge is 0.295 e. The maximum atomic E-state index is 13.1. The standard InChI is InChI=1S/C26H30ClNO4/c1-6-14-28-22(16-8-10-17(11-9-16)26(3,4)5)21(24(30)25(28)31)23(29)19-15-18(32-7-2)12-13-20(19)27/h8-13,15,22,29H,6-7,14H2,1-5H3/b23-21+. The summed E-state index contributed by atoms with van der Waals surface area (Å²) in [6, 6.07) is 12.1. The van der Waals surface area contributed by atoms with Crippen molar-refractivity contribution in [3.63, 3.8) is 0 Å². The number of carbonyl (C=O) groups excluding carboxylic acids is 2. The molecule has 1 fully saturated rings. The quantitative estimate of drug-likeness (QED) is 0.336. The van der Waals surface area contributed by atoms with Gasteiger partial charge in [0.1, 0.15) is 11.5 Å². The molecule has 1 heterocycles. The number of carbonyl (C=O) groups is 2. The monoisotopic (exact) mass is 455 g/mol. The van der Waals surface area contributed by atoms with E-state index in [4.69, 9.17) is 16.3 Å². The molecule has 1 amide bonds. The number of hydrogen-bond donors (Lipinski definition) is 1. The zero-order valence-electron chi connectivity index (χ0n) is 19.2. The van der Waals surface area contributed by atoms with E-state index < -0.39 is 17.7 Å². The summed E-state index contributed by atoms with van der Waals surface area (Å²) in [5, 5.41) is 11.5. The average Bonchev–Trinajstić information content (AvgIpc) is 2.99. The minimum Gasteiger partial charge on any atom is -0.507 e. The lowest BCUT2D eigenvalue weighted by Gasteiger charge is -2.26. The molecule has 170 valence electrons. The number of rotatable bonds is 6. The SMILES string of the molecule is CCCN1C(=O)C(=O)/C(=C(/O)c2cc(OCC)ccc2Cl)C1c1ccc(C(C)(C)C)cc1. The number of ketones is 1. The number of benzene rings is 2. The van der Waals surface area contributed by atoms with Crippen LogP contribution in [-0.2, 0) is 15.0 Å². The number of amides is 1. The van der Waals surface area contributed by atoms with Gasteiger partial charge in [0.2, 0.25) is 0 Å². The number of halogens is 1. The molecule has 0 spiro atoms. The van der Waals surface area contributed by atoms with Gasteiger partial charge in [-0.2, -0.15) is 0 Å². The van der Waals surface area contributed by atoms with E-state index in [-0.39, 0.29) is 27.3 Å². The fourth-order valence-electron chi connectivity index (χ4n) is 3.95. The number of likely N-dealkylation sites (tertiary alicyclic amines) is 1. The summed E-state index contributed by atoms with van der Waals surface area (Å²) in [6.45, 7) is 11.0. The van der Waals surface area contributed by atoms with E-state index in [1.807, 2.05) is 38.1 Å². The van der Waals surface area contributed by atoms with Crippen LogP contribution in [0.2, 0.25) is 5.02 Å². The molecule has 1 N–H and O–H groups in total. The lowest BCUT2D eigenvalue weighted by atomic mass is 9.85. The molecule has 1 unspecified atom stereocenters. The van der Waals surface area contributed by atoms with Crippen molar-refractivity contribution < 1.29 is 19.4 Å². The van der Waals surface area contributed by atoms with Crippen molar-refractivity contribution in [1.29, 1.82) is 0 Å². The Kier molecular flexibility index (Phi) is 6.99. The highest BCUT2D eigenvalue weighted by Crippen LogP contribution is 2.41. The fraction of sp³-hybridized carbons (Fsp3) is 0.385. The number of hydrogen-bond acceptors (Lipinski definition) is 4. The highest BCUT2D eigenvalue weighted by atomic mass is 35.5. The van der Waals surface area contributed by atoms with Gasteiger partial charge in [-0.1, -0.05) is 63.6 Å². The van der Waals surface area contributed by atoms with Crippen LogP contribution in [0.1, 0.15) is 63.8 Å². The second kappa shape index (κ2) is 9.37. The van der Waals surface area contributed by atoms with Gasteiger partial charge in [-0.3, -0.25) is 9.59 Å². The van der Waals surface area contributed by atoms with Crippen molar-refractivity contribution in [2.45, 2.75) is 52.5 Å². The number of ether oxygens (including phenoxy) is 1. The Hall–Kier alpha value is -2.79. The number of aliphatic hydroxyl groups excluding tert-OH is 1. The van der Waals surface area contributed by atoms with Gasteiger partial charge in [0.05, 0.1) is 23.2 Å². The number of aliphatic hydroxyl groups is 1. The first-order valence-corrected chi connectivity index (χ1v) is 11.3. The Bertz CT molecular complexity index is 1050. The van der Waals surface area contributed by atoms with Crippen LogP contribution in [0.15, 0.2) is 48.0 Å². The first-order valence-electron chi connectivity index (χ1n) is 10.9. The van der Waals surface area contributed by atoms with Crippen molar-refractivity contribution in [2.24, 2.45) is 0 Å². The molecule has 32 heavy (non-hydrogen) atoms. The molecule has 2 aromatic rings. The molecule has 0 saturated carbocycles. The molecule has 0 aromatic heterocycles. The van der Waals surface area contributed by atoms with E-state index >= 15 is 0 Å². The third kappa shape index (κ3) is 4.53. The molecule has 5 nitrogen and oxygen atoms in total. The molecule has 2 aromatic carbocycles. The summed E-state index contributed by atoms with van der Waals surface area (Å²) in [7, 11) is 0. The van der Waals surface area contributed by atoms with Crippen LogP contribution >= 0.6 is 11.6 Å². The van der Waals surface area contributed by atoms with Crippen LogP contribution in [-0.4, -0.2) is 34.8 Å². The Labute approximate surface area is 194 Å². The van der Waals surface area contributed by atoms with Crippen LogP contribution in [0.5, 0.6) is 5.75 Å². The second-order valence-corrected chi connectivity index (χ2v) is 9.35. The van der Waals surface area contributed by atoms with Gasteiger partial charge >= 0.3 is 0 Å². The molecule has 1 saturated heterocycles. The topological polar surface area (TPSA) is 66.8 Å². The first kappa shape index (κ1) is 23.9. The number of Topliss-reactive ketones (excluding diaryl/α,β-unsaturated/α-hetero) is 1. The molecule has 6 heteroatoms. The van der Waals surface area contributed by atoms with Gasteiger partial charge in [0.25, 0.3) is 11.7 Å². The Morgan fingerprint density at radius 1 is 1.09 bits per heavy atom. The van der Waals surface area contributed by atoms with E-state index in [2.05, 4.69) is 20.8 Å². The van der Waals surface area contributed by atoms with Crippen molar-refractivity contribution >= 4 is 29.1 Å². The lowest BCUT2D eigenvalue weighted by molar-refractivity contribution is -0.139. The average molecular weight is 456 g/mol. The Morgan fingerprint density at radius 3 is 2.31 bits per heavy atom. The molecule has 3 rings (SSSR count). The summed E-state index contributed by atoms with van der Waals surface area (Å²) in [4.78, 5) is 27.5. The molecule has 1 atom stereocenters. The van der Waals surface area contributed by atoms with E-state index in [0.717, 1.165) is 11.1 Å². The predicted octanol–water partition coefficient (Wildman–Crippen LogP) is 5.87. The molecule has 1 aliphatic rings. The molecule has 1 aliphatic heterocycles. The molecule has 0 aliphatic carbocycles. The summed E-state index contributed by atoms with van der Waals surface area (Å²) < 4.78 is 5.52. The molecule has 0 radical (unpaired) electrons. The molecular weight excluding hydrogens is 426 g/mol. The van der Waals surface area contributed by atoms with Gasteiger partial charge in [-0.15, -0.1) is 0 Å². The third-order valence-electron chi connectivity index (χ3n) is 5.60. The van der Waals surface area contributed by atoms with Crippen molar-refractivity contribution in [2.75, 3.05) is 13.2 Å². The summed E-state index contributed by atoms with van der Waals surface area (Å²) in [5.74, 6) is -1.10. The van der Waals surface area contributed by atoms with Crippen LogP contribution in [0, 0.1) is 0 Å². The van der Waals surface area contributed by atoms with Gasteiger partial charge in [0, 0.05) is 12.1 Å². The second-order valence-electron chi connectivity index (χ2n) is 8.94. The van der Waals surface area contributed by atoms with Gasteiger partial charge in [-0.05, 0) is 48.1 Å². The first-order chi connectivity index (χ1) is 15.1. The van der Waals surface area contributed by atoms with E-state index in [9.17, 15) is 14.7 Å². The highest BCUT2D eigenvalue weighted by molar-refractivity contribution is 6.47. The third-order valence-corrected chi connectivity index (χ3v) is 5.93. The lowest BCUT2D eigenvalue weighted by Crippen LogP contribution is -2.30. The number of nitrogens with zero attached hydrogens (tertiary/aromatic N) is 1. The van der Waals surface area contributed by atoms with Crippen LogP contribution < -0.4 is 4.74 Å². The molecular formula is C26H30ClNO4. The van der Waals surface area contributed by atoms with Gasteiger partial charge < -0.3 is 14.7 Å². The van der Waals surface area contributed by atoms with E-state index in [0.29, 0.717) is 25.3 Å². The largest absolute Gasteiger partial charge is 0.507 e. The summed E-state index contributed by atoms with van der Waals surface area (Å²) in [6.07, 6.45) is 0.685. The zero-order valence-corrected chi connectivity index (χ0v) is 20.0. The normalized spacial score (nSPS) is 18.3. The fourth-order valence-corrected chi connectivity index (χ4v) is 4.16. The van der Waals surface area contributed by atoms with Crippen molar-refractivity contribution in [3.8, 4) is 5.75 Å². The van der Waals surface area contributed by atoms with Crippen LogP contribution in [0.3, 0.4) is 0 Å².